The Morgan fingerprint density at radius 2 is 2.06 bits per heavy atom. The molecule has 3 aromatic heterocycles. The van der Waals surface area contributed by atoms with Crippen LogP contribution < -0.4 is 15.5 Å². The van der Waals surface area contributed by atoms with Gasteiger partial charge in [-0.25, -0.2) is 0 Å². The number of nitrogens with one attached hydrogen (secondary N) is 3. The second kappa shape index (κ2) is 9.58. The van der Waals surface area contributed by atoms with Gasteiger partial charge in [0, 0.05) is 37.0 Å². The van der Waals surface area contributed by atoms with E-state index in [1.54, 1.807) is 0 Å². The standard InChI is InChI=1S/C23H24N8O2/c1-16-12-21(29-28-16)25-20-14-22(31-8-10-32-11-9-31)27-23(26-20)24-15-18-13-19(30-33-18)17-6-4-2-3-5-7-17/h2-4,6,12-14,17H,8-11,15H2,1H3,(H3,24,25,26,27,28,29). The molecule has 1 aliphatic carbocycles. The average Bonchev–Trinajstić information content (AvgIpc) is 3.38. The summed E-state index contributed by atoms with van der Waals surface area (Å²) in [5.41, 5.74) is 1.74. The molecule has 0 amide bonds. The summed E-state index contributed by atoms with van der Waals surface area (Å²) in [5.74, 6) is 9.34. The van der Waals surface area contributed by atoms with Gasteiger partial charge in [0.1, 0.15) is 17.3 Å². The monoisotopic (exact) mass is 444 g/mol. The van der Waals surface area contributed by atoms with Crippen LogP contribution >= 0.6 is 0 Å². The molecule has 4 heterocycles. The lowest BCUT2D eigenvalue weighted by Gasteiger charge is -2.28. The molecule has 3 aromatic rings. The first kappa shape index (κ1) is 20.8. The van der Waals surface area contributed by atoms with E-state index < -0.39 is 0 Å². The number of anilines is 4. The highest BCUT2D eigenvalue weighted by molar-refractivity contribution is 5.59. The molecule has 1 atom stereocenters. The molecule has 0 aromatic carbocycles. The predicted octanol–water partition coefficient (Wildman–Crippen LogP) is 2.90. The zero-order valence-electron chi connectivity index (χ0n) is 18.2. The maximum Gasteiger partial charge on any atom is 0.227 e. The van der Waals surface area contributed by atoms with Crippen molar-refractivity contribution in [3.63, 3.8) is 0 Å². The molecule has 3 N–H and O–H groups in total. The third-order valence-corrected chi connectivity index (χ3v) is 5.16. The van der Waals surface area contributed by atoms with E-state index >= 15 is 0 Å². The quantitative estimate of drug-likeness (QED) is 0.473. The zero-order chi connectivity index (χ0) is 22.5. The highest BCUT2D eigenvalue weighted by Gasteiger charge is 2.17. The van der Waals surface area contributed by atoms with E-state index in [1.807, 2.05) is 49.4 Å². The fourth-order valence-corrected chi connectivity index (χ4v) is 3.51. The number of morpholine rings is 1. The van der Waals surface area contributed by atoms with E-state index in [1.165, 1.54) is 0 Å². The Morgan fingerprint density at radius 3 is 2.91 bits per heavy atom. The Bertz CT molecular complexity index is 1230. The van der Waals surface area contributed by atoms with Gasteiger partial charge in [-0.3, -0.25) is 5.10 Å². The normalized spacial score (nSPS) is 17.4. The van der Waals surface area contributed by atoms with Crippen LogP contribution in [0.25, 0.3) is 0 Å². The SMILES string of the molecule is Cc1cc(Nc2cc(N3CCOCC3)nc(NCc3cc(C4C#CC=CC=C4)no3)n2)n[nH]1. The van der Waals surface area contributed by atoms with Gasteiger partial charge in [-0.15, -0.1) is 0 Å². The largest absolute Gasteiger partial charge is 0.378 e. The molecule has 0 radical (unpaired) electrons. The molecular weight excluding hydrogens is 420 g/mol. The number of H-pyrrole nitrogens is 1. The summed E-state index contributed by atoms with van der Waals surface area (Å²) in [5, 5.41) is 17.8. The van der Waals surface area contributed by atoms with Crippen molar-refractivity contribution in [2.45, 2.75) is 19.4 Å². The van der Waals surface area contributed by atoms with Gasteiger partial charge in [0.15, 0.2) is 11.6 Å². The van der Waals surface area contributed by atoms with Gasteiger partial charge in [-0.2, -0.15) is 15.1 Å². The summed E-state index contributed by atoms with van der Waals surface area (Å²) in [6.45, 7) is 5.22. The minimum absolute atomic E-state index is 0.0912. The first-order valence-corrected chi connectivity index (χ1v) is 10.8. The Labute approximate surface area is 191 Å². The molecule has 33 heavy (non-hydrogen) atoms. The second-order valence-corrected chi connectivity index (χ2v) is 7.68. The van der Waals surface area contributed by atoms with Crippen LogP contribution in [0, 0.1) is 18.8 Å². The highest BCUT2D eigenvalue weighted by atomic mass is 16.5. The van der Waals surface area contributed by atoms with Crippen molar-refractivity contribution < 1.29 is 9.26 Å². The van der Waals surface area contributed by atoms with Crippen LogP contribution in [-0.2, 0) is 11.3 Å². The third kappa shape index (κ3) is 5.22. The number of aromatic amines is 1. The van der Waals surface area contributed by atoms with Crippen molar-refractivity contribution >= 4 is 23.4 Å². The third-order valence-electron chi connectivity index (χ3n) is 5.16. The summed E-state index contributed by atoms with van der Waals surface area (Å²) >= 11 is 0. The lowest BCUT2D eigenvalue weighted by molar-refractivity contribution is 0.122. The number of nitrogens with zero attached hydrogens (tertiary/aromatic N) is 5. The van der Waals surface area contributed by atoms with Gasteiger partial charge in [-0.05, 0) is 13.0 Å². The number of hydrogen-bond acceptors (Lipinski definition) is 9. The summed E-state index contributed by atoms with van der Waals surface area (Å²) in [4.78, 5) is 11.5. The van der Waals surface area contributed by atoms with Crippen LogP contribution in [0.1, 0.15) is 23.1 Å². The Hall–Kier alpha value is -4.10. The number of hydrogen-bond donors (Lipinski definition) is 3. The van der Waals surface area contributed by atoms with Gasteiger partial charge >= 0.3 is 0 Å². The lowest BCUT2D eigenvalue weighted by Crippen LogP contribution is -2.37. The number of allylic oxidation sites excluding steroid dienone is 4. The van der Waals surface area contributed by atoms with Crippen LogP contribution in [0.2, 0.25) is 0 Å². The van der Waals surface area contributed by atoms with E-state index in [2.05, 4.69) is 47.7 Å². The van der Waals surface area contributed by atoms with Gasteiger partial charge in [-0.1, -0.05) is 35.2 Å². The fraction of sp³-hybridized carbons (Fsp3) is 0.304. The van der Waals surface area contributed by atoms with Crippen LogP contribution in [0.5, 0.6) is 0 Å². The van der Waals surface area contributed by atoms with Crippen LogP contribution in [0.15, 0.2) is 47.0 Å². The van der Waals surface area contributed by atoms with Crippen molar-refractivity contribution in [1.82, 2.24) is 25.3 Å². The smallest absolute Gasteiger partial charge is 0.227 e. The Morgan fingerprint density at radius 1 is 1.15 bits per heavy atom. The topological polar surface area (TPSA) is 117 Å². The zero-order valence-corrected chi connectivity index (χ0v) is 18.2. The van der Waals surface area contributed by atoms with Crippen LogP contribution in [0.4, 0.5) is 23.4 Å². The Kier molecular flexibility index (Phi) is 6.04. The molecule has 0 saturated carbocycles. The molecule has 10 heteroatoms. The van der Waals surface area contributed by atoms with Gasteiger partial charge in [0.05, 0.1) is 25.7 Å². The molecule has 1 saturated heterocycles. The maximum absolute atomic E-state index is 5.51. The molecule has 1 unspecified atom stereocenters. The summed E-state index contributed by atoms with van der Waals surface area (Å²) in [6.07, 6.45) is 7.66. The minimum atomic E-state index is -0.0912. The van der Waals surface area contributed by atoms with Crippen molar-refractivity contribution in [2.24, 2.45) is 0 Å². The molecule has 1 fully saturated rings. The summed E-state index contributed by atoms with van der Waals surface area (Å²) in [6, 6.07) is 5.73. The fourth-order valence-electron chi connectivity index (χ4n) is 3.51. The van der Waals surface area contributed by atoms with Gasteiger partial charge in [0.25, 0.3) is 0 Å². The molecule has 0 spiro atoms. The highest BCUT2D eigenvalue weighted by Crippen LogP contribution is 2.23. The van der Waals surface area contributed by atoms with E-state index in [0.717, 1.165) is 30.3 Å². The van der Waals surface area contributed by atoms with Crippen LogP contribution in [0.3, 0.4) is 0 Å². The van der Waals surface area contributed by atoms with Gasteiger partial charge < -0.3 is 24.8 Å². The molecular formula is C23H24N8O2. The minimum Gasteiger partial charge on any atom is -0.378 e. The summed E-state index contributed by atoms with van der Waals surface area (Å²) in [7, 11) is 0. The number of ether oxygens (including phenoxy) is 1. The van der Waals surface area contributed by atoms with Crippen molar-refractivity contribution in [3.8, 4) is 11.8 Å². The first-order chi connectivity index (χ1) is 16.2. The molecule has 2 aliphatic rings. The predicted molar refractivity (Wildman–Crippen MR) is 124 cm³/mol. The second-order valence-electron chi connectivity index (χ2n) is 7.68. The van der Waals surface area contributed by atoms with Crippen molar-refractivity contribution in [3.05, 3.63) is 59.7 Å². The molecule has 168 valence electrons. The van der Waals surface area contributed by atoms with Gasteiger partial charge in [0.2, 0.25) is 5.95 Å². The molecule has 5 rings (SSSR count). The number of rotatable bonds is 7. The Balaban J connectivity index is 1.33. The molecule has 10 nitrogen and oxygen atoms in total. The van der Waals surface area contributed by atoms with Crippen molar-refractivity contribution in [1.29, 1.82) is 0 Å². The van der Waals surface area contributed by atoms with E-state index in [4.69, 9.17) is 14.2 Å². The van der Waals surface area contributed by atoms with E-state index in [9.17, 15) is 0 Å². The number of aryl methyl sites for hydroxylation is 1. The van der Waals surface area contributed by atoms with Crippen molar-refractivity contribution in [2.75, 3.05) is 41.8 Å². The summed E-state index contributed by atoms with van der Waals surface area (Å²) < 4.78 is 11.0. The van der Waals surface area contributed by atoms with E-state index in [0.29, 0.717) is 43.1 Å². The molecule has 0 bridgehead atoms. The van der Waals surface area contributed by atoms with E-state index in [-0.39, 0.29) is 5.92 Å². The average molecular weight is 444 g/mol. The lowest BCUT2D eigenvalue weighted by atomic mass is 10.1. The van der Waals surface area contributed by atoms with Crippen LogP contribution in [-0.4, -0.2) is 51.6 Å². The molecule has 1 aliphatic heterocycles. The number of aromatic nitrogens is 5. The maximum atomic E-state index is 5.51. The first-order valence-electron chi connectivity index (χ1n) is 10.8.